The number of rotatable bonds is 5. The van der Waals surface area contributed by atoms with Crippen LogP contribution in [0.3, 0.4) is 0 Å². The second kappa shape index (κ2) is 8.04. The van der Waals surface area contributed by atoms with Crippen molar-refractivity contribution < 1.29 is 8.78 Å². The third-order valence-corrected chi connectivity index (χ3v) is 5.14. The number of anilines is 2. The molecule has 0 unspecified atom stereocenters. The summed E-state index contributed by atoms with van der Waals surface area (Å²) >= 11 is 0. The lowest BCUT2D eigenvalue weighted by Gasteiger charge is -2.35. The monoisotopic (exact) mass is 359 g/mol. The van der Waals surface area contributed by atoms with Gasteiger partial charge >= 0.3 is 0 Å². The van der Waals surface area contributed by atoms with Crippen LogP contribution in [0.2, 0.25) is 0 Å². The van der Waals surface area contributed by atoms with Crippen molar-refractivity contribution in [1.29, 1.82) is 0 Å². The van der Waals surface area contributed by atoms with Gasteiger partial charge in [0.25, 0.3) is 0 Å². The lowest BCUT2D eigenvalue weighted by Crippen LogP contribution is -2.43. The van der Waals surface area contributed by atoms with Crippen LogP contribution in [0.15, 0.2) is 42.5 Å². The van der Waals surface area contributed by atoms with Gasteiger partial charge in [0.05, 0.1) is 0 Å². The zero-order chi connectivity index (χ0) is 18.7. The van der Waals surface area contributed by atoms with Crippen LogP contribution in [-0.2, 0) is 0 Å². The zero-order valence-electron chi connectivity index (χ0n) is 15.7. The SMILES string of the molecule is C[C@H](NC1CCN(c2ccc(N(C)C)cc2)CC1)c1cc(F)ccc1F. The summed E-state index contributed by atoms with van der Waals surface area (Å²) in [7, 11) is 4.07. The van der Waals surface area contributed by atoms with E-state index in [1.54, 1.807) is 0 Å². The molecule has 3 rings (SSSR count). The summed E-state index contributed by atoms with van der Waals surface area (Å²) in [5, 5.41) is 3.46. The van der Waals surface area contributed by atoms with Crippen LogP contribution >= 0.6 is 0 Å². The van der Waals surface area contributed by atoms with Gasteiger partial charge in [0.2, 0.25) is 0 Å². The van der Waals surface area contributed by atoms with E-state index >= 15 is 0 Å². The molecule has 3 nitrogen and oxygen atoms in total. The Hall–Kier alpha value is -2.14. The standard InChI is InChI=1S/C21H27F2N3/c1-15(20-14-16(22)4-9-21(20)23)24-17-10-12-26(13-11-17)19-7-5-18(6-8-19)25(2)3/h4-9,14-15,17,24H,10-13H2,1-3H3/t15-/m0/s1. The highest BCUT2D eigenvalue weighted by atomic mass is 19.1. The normalized spacial score (nSPS) is 16.6. The summed E-state index contributed by atoms with van der Waals surface area (Å²) in [5.74, 6) is -0.754. The maximum atomic E-state index is 13.9. The van der Waals surface area contributed by atoms with Crippen molar-refractivity contribution in [3.63, 3.8) is 0 Å². The van der Waals surface area contributed by atoms with Gasteiger partial charge < -0.3 is 15.1 Å². The van der Waals surface area contributed by atoms with Gasteiger partial charge in [-0.25, -0.2) is 8.78 Å². The molecule has 1 heterocycles. The van der Waals surface area contributed by atoms with Gasteiger partial charge in [0, 0.05) is 56.2 Å². The van der Waals surface area contributed by atoms with Crippen LogP contribution in [0.25, 0.3) is 0 Å². The molecule has 1 atom stereocenters. The molecular weight excluding hydrogens is 332 g/mol. The Balaban J connectivity index is 1.55. The van der Waals surface area contributed by atoms with Crippen molar-refractivity contribution in [2.75, 3.05) is 37.0 Å². The van der Waals surface area contributed by atoms with E-state index < -0.39 is 5.82 Å². The summed E-state index contributed by atoms with van der Waals surface area (Å²) < 4.78 is 27.3. The quantitative estimate of drug-likeness (QED) is 0.856. The fourth-order valence-corrected chi connectivity index (χ4v) is 3.56. The number of hydrogen-bond donors (Lipinski definition) is 1. The van der Waals surface area contributed by atoms with E-state index in [9.17, 15) is 8.78 Å². The summed E-state index contributed by atoms with van der Waals surface area (Å²) in [6.07, 6.45) is 1.97. The van der Waals surface area contributed by atoms with Gasteiger partial charge in [-0.15, -0.1) is 0 Å². The number of benzene rings is 2. The third-order valence-electron chi connectivity index (χ3n) is 5.14. The molecule has 0 radical (unpaired) electrons. The Morgan fingerprint density at radius 2 is 1.69 bits per heavy atom. The molecule has 0 aromatic heterocycles. The molecule has 2 aromatic carbocycles. The van der Waals surface area contributed by atoms with Crippen molar-refractivity contribution in [2.24, 2.45) is 0 Å². The third kappa shape index (κ3) is 4.33. The van der Waals surface area contributed by atoms with E-state index in [2.05, 4.69) is 39.4 Å². The maximum Gasteiger partial charge on any atom is 0.128 e. The second-order valence-electron chi connectivity index (χ2n) is 7.23. The molecule has 0 saturated carbocycles. The number of piperidine rings is 1. The maximum absolute atomic E-state index is 13.9. The van der Waals surface area contributed by atoms with Gasteiger partial charge in [-0.05, 0) is 62.2 Å². The Bertz CT molecular complexity index is 723. The highest BCUT2D eigenvalue weighted by Crippen LogP contribution is 2.25. The van der Waals surface area contributed by atoms with Gasteiger partial charge in [0.15, 0.2) is 0 Å². The van der Waals surface area contributed by atoms with E-state index in [0.717, 1.165) is 32.0 Å². The second-order valence-corrected chi connectivity index (χ2v) is 7.23. The summed E-state index contributed by atoms with van der Waals surface area (Å²) in [6, 6.07) is 12.3. The summed E-state index contributed by atoms with van der Waals surface area (Å²) in [5.41, 5.74) is 2.82. The average molecular weight is 359 g/mol. The van der Waals surface area contributed by atoms with Crippen molar-refractivity contribution in [2.45, 2.75) is 31.8 Å². The fraction of sp³-hybridized carbons (Fsp3) is 0.429. The minimum absolute atomic E-state index is 0.207. The average Bonchev–Trinajstić information content (AvgIpc) is 2.64. The van der Waals surface area contributed by atoms with Gasteiger partial charge in [-0.1, -0.05) is 0 Å². The molecule has 1 N–H and O–H groups in total. The largest absolute Gasteiger partial charge is 0.378 e. The lowest BCUT2D eigenvalue weighted by atomic mass is 10.0. The Kier molecular flexibility index (Phi) is 5.77. The first-order chi connectivity index (χ1) is 12.4. The fourth-order valence-electron chi connectivity index (χ4n) is 3.56. The highest BCUT2D eigenvalue weighted by Gasteiger charge is 2.22. The van der Waals surface area contributed by atoms with E-state index in [4.69, 9.17) is 0 Å². The Morgan fingerprint density at radius 3 is 2.31 bits per heavy atom. The molecule has 1 fully saturated rings. The topological polar surface area (TPSA) is 18.5 Å². The first-order valence-electron chi connectivity index (χ1n) is 9.17. The lowest BCUT2D eigenvalue weighted by molar-refractivity contribution is 0.375. The molecule has 0 amide bonds. The predicted molar refractivity (Wildman–Crippen MR) is 104 cm³/mol. The van der Waals surface area contributed by atoms with Gasteiger partial charge in [-0.3, -0.25) is 0 Å². The van der Waals surface area contributed by atoms with Crippen molar-refractivity contribution in [3.05, 3.63) is 59.7 Å². The first kappa shape index (κ1) is 18.6. The van der Waals surface area contributed by atoms with Crippen LogP contribution in [-0.4, -0.2) is 33.2 Å². The number of hydrogen-bond acceptors (Lipinski definition) is 3. The van der Waals surface area contributed by atoms with Crippen LogP contribution in [0.4, 0.5) is 20.2 Å². The smallest absolute Gasteiger partial charge is 0.128 e. The van der Waals surface area contributed by atoms with Crippen molar-refractivity contribution in [3.8, 4) is 0 Å². The van der Waals surface area contributed by atoms with Crippen LogP contribution in [0, 0.1) is 11.6 Å². The molecule has 2 aromatic rings. The number of halogens is 2. The van der Waals surface area contributed by atoms with Gasteiger partial charge in [0.1, 0.15) is 11.6 Å². The molecule has 26 heavy (non-hydrogen) atoms. The number of nitrogens with one attached hydrogen (secondary N) is 1. The highest BCUT2D eigenvalue weighted by molar-refractivity contribution is 5.56. The molecular formula is C21H27F2N3. The molecule has 5 heteroatoms. The van der Waals surface area contributed by atoms with E-state index in [1.165, 1.54) is 23.5 Å². The Morgan fingerprint density at radius 1 is 1.04 bits per heavy atom. The van der Waals surface area contributed by atoms with Crippen LogP contribution in [0.1, 0.15) is 31.4 Å². The number of nitrogens with zero attached hydrogens (tertiary/aromatic N) is 2. The van der Waals surface area contributed by atoms with Crippen LogP contribution in [0.5, 0.6) is 0 Å². The summed E-state index contributed by atoms with van der Waals surface area (Å²) in [4.78, 5) is 4.47. The molecule has 1 saturated heterocycles. The molecule has 1 aliphatic rings. The minimum Gasteiger partial charge on any atom is -0.378 e. The van der Waals surface area contributed by atoms with E-state index in [1.807, 2.05) is 21.0 Å². The molecule has 0 spiro atoms. The van der Waals surface area contributed by atoms with Crippen molar-refractivity contribution >= 4 is 11.4 Å². The molecule has 0 aliphatic carbocycles. The van der Waals surface area contributed by atoms with Gasteiger partial charge in [-0.2, -0.15) is 0 Å². The first-order valence-corrected chi connectivity index (χ1v) is 9.17. The van der Waals surface area contributed by atoms with Crippen molar-refractivity contribution in [1.82, 2.24) is 5.32 Å². The predicted octanol–water partition coefficient (Wildman–Crippen LogP) is 4.35. The van der Waals surface area contributed by atoms with Crippen LogP contribution < -0.4 is 15.1 Å². The minimum atomic E-state index is -0.397. The molecule has 0 bridgehead atoms. The molecule has 140 valence electrons. The summed E-state index contributed by atoms with van der Waals surface area (Å²) in [6.45, 7) is 3.80. The Labute approximate surface area is 154 Å². The molecule has 1 aliphatic heterocycles. The zero-order valence-corrected chi connectivity index (χ0v) is 15.7. The van der Waals surface area contributed by atoms with E-state index in [0.29, 0.717) is 11.6 Å². The van der Waals surface area contributed by atoms with E-state index in [-0.39, 0.29) is 11.9 Å².